The van der Waals surface area contributed by atoms with Gasteiger partial charge < -0.3 is 9.84 Å². The predicted octanol–water partition coefficient (Wildman–Crippen LogP) is 2.11. The van der Waals surface area contributed by atoms with Gasteiger partial charge in [0.15, 0.2) is 9.84 Å². The van der Waals surface area contributed by atoms with Crippen LogP contribution in [-0.2, 0) is 21.1 Å². The molecule has 0 saturated heterocycles. The van der Waals surface area contributed by atoms with Crippen LogP contribution >= 0.6 is 0 Å². The molecule has 1 aromatic carbocycles. The number of benzene rings is 1. The summed E-state index contributed by atoms with van der Waals surface area (Å²) in [4.78, 5) is 20.4. The van der Waals surface area contributed by atoms with E-state index in [9.17, 15) is 13.2 Å². The van der Waals surface area contributed by atoms with Crippen LogP contribution in [0.25, 0.3) is 11.4 Å². The van der Waals surface area contributed by atoms with Crippen molar-refractivity contribution in [1.29, 1.82) is 0 Å². The monoisotopic (exact) mass is 372 g/mol. The second-order valence-electron chi connectivity index (χ2n) is 5.60. The van der Waals surface area contributed by atoms with Crippen LogP contribution in [0.4, 0.5) is 5.69 Å². The van der Waals surface area contributed by atoms with E-state index < -0.39 is 9.84 Å². The van der Waals surface area contributed by atoms with Crippen LogP contribution in [0, 0.1) is 0 Å². The first-order valence-electron chi connectivity index (χ1n) is 7.75. The molecule has 0 atom stereocenters. The first-order valence-corrected chi connectivity index (χ1v) is 9.64. The Hall–Kier alpha value is -3.07. The van der Waals surface area contributed by atoms with Crippen LogP contribution in [0.1, 0.15) is 12.3 Å². The Morgan fingerprint density at radius 2 is 1.96 bits per heavy atom. The van der Waals surface area contributed by atoms with Crippen molar-refractivity contribution < 1.29 is 17.7 Å². The highest BCUT2D eigenvalue weighted by molar-refractivity contribution is 7.90. The minimum absolute atomic E-state index is 0.126. The molecule has 0 fully saturated rings. The quantitative estimate of drug-likeness (QED) is 0.704. The Morgan fingerprint density at radius 3 is 2.69 bits per heavy atom. The average molecular weight is 372 g/mol. The third-order valence-electron chi connectivity index (χ3n) is 3.52. The second kappa shape index (κ2) is 7.44. The number of pyridine rings is 1. The summed E-state index contributed by atoms with van der Waals surface area (Å²) in [5.41, 5.74) is 1.19. The van der Waals surface area contributed by atoms with Crippen LogP contribution in [-0.4, -0.2) is 35.7 Å². The Morgan fingerprint density at radius 1 is 1.19 bits per heavy atom. The largest absolute Gasteiger partial charge is 0.339 e. The van der Waals surface area contributed by atoms with Gasteiger partial charge in [0.1, 0.15) is 0 Å². The van der Waals surface area contributed by atoms with Gasteiger partial charge in [0, 0.05) is 42.7 Å². The number of aryl methyl sites for hydroxylation is 1. The van der Waals surface area contributed by atoms with Crippen molar-refractivity contribution >= 4 is 21.4 Å². The molecule has 134 valence electrons. The molecule has 0 unspecified atom stereocenters. The molecule has 3 rings (SSSR count). The van der Waals surface area contributed by atoms with Gasteiger partial charge in [0.25, 0.3) is 0 Å². The van der Waals surface area contributed by atoms with E-state index in [-0.39, 0.29) is 23.6 Å². The predicted molar refractivity (Wildman–Crippen MR) is 94.0 cm³/mol. The van der Waals surface area contributed by atoms with E-state index in [1.54, 1.807) is 36.7 Å². The van der Waals surface area contributed by atoms with Crippen LogP contribution in [0.15, 0.2) is 58.2 Å². The lowest BCUT2D eigenvalue weighted by molar-refractivity contribution is -0.116. The van der Waals surface area contributed by atoms with E-state index in [1.807, 2.05) is 0 Å². The number of carbonyl (C=O) groups is 1. The van der Waals surface area contributed by atoms with Crippen molar-refractivity contribution in [2.75, 3.05) is 11.6 Å². The summed E-state index contributed by atoms with van der Waals surface area (Å²) in [7, 11) is -3.33. The molecule has 0 bridgehead atoms. The van der Waals surface area contributed by atoms with Gasteiger partial charge >= 0.3 is 0 Å². The Labute approximate surface area is 150 Å². The normalized spacial score (nSPS) is 11.3. The molecule has 0 aliphatic heterocycles. The van der Waals surface area contributed by atoms with E-state index in [0.29, 0.717) is 17.4 Å². The standard InChI is InChI=1S/C17H16N4O4S/c1-26(23,24)14-4-2-3-13(11-14)19-15(22)5-6-16-20-17(21-25-16)12-7-9-18-10-8-12/h2-4,7-11H,5-6H2,1H3,(H,19,22). The maximum atomic E-state index is 12.1. The topological polar surface area (TPSA) is 115 Å². The first kappa shape index (κ1) is 17.7. The third kappa shape index (κ3) is 4.51. The molecular formula is C17H16N4O4S. The van der Waals surface area contributed by atoms with Gasteiger partial charge in [0.2, 0.25) is 17.6 Å². The lowest BCUT2D eigenvalue weighted by Gasteiger charge is -2.06. The molecule has 26 heavy (non-hydrogen) atoms. The molecule has 1 N–H and O–H groups in total. The highest BCUT2D eigenvalue weighted by atomic mass is 32.2. The maximum Gasteiger partial charge on any atom is 0.227 e. The van der Waals surface area contributed by atoms with Crippen molar-refractivity contribution in [2.24, 2.45) is 0 Å². The summed E-state index contributed by atoms with van der Waals surface area (Å²) in [6.07, 6.45) is 4.77. The SMILES string of the molecule is CS(=O)(=O)c1cccc(NC(=O)CCc2nc(-c3ccncc3)no2)c1. The van der Waals surface area contributed by atoms with Gasteiger partial charge in [-0.15, -0.1) is 0 Å². The zero-order valence-electron chi connectivity index (χ0n) is 13.9. The molecule has 3 aromatic rings. The van der Waals surface area contributed by atoms with Crippen molar-refractivity contribution in [2.45, 2.75) is 17.7 Å². The number of carbonyl (C=O) groups excluding carboxylic acids is 1. The fraction of sp³-hybridized carbons (Fsp3) is 0.176. The molecule has 0 radical (unpaired) electrons. The summed E-state index contributed by atoms with van der Waals surface area (Å²) in [6.45, 7) is 0. The van der Waals surface area contributed by atoms with Crippen LogP contribution in [0.5, 0.6) is 0 Å². The zero-order chi connectivity index (χ0) is 18.6. The number of sulfone groups is 1. The number of amides is 1. The number of aromatic nitrogens is 3. The lowest BCUT2D eigenvalue weighted by atomic mass is 10.2. The highest BCUT2D eigenvalue weighted by Crippen LogP contribution is 2.17. The van der Waals surface area contributed by atoms with E-state index in [4.69, 9.17) is 4.52 Å². The van der Waals surface area contributed by atoms with Gasteiger partial charge in [-0.2, -0.15) is 4.98 Å². The molecule has 9 heteroatoms. The molecule has 8 nitrogen and oxygen atoms in total. The average Bonchev–Trinajstić information content (AvgIpc) is 3.09. The number of hydrogen-bond donors (Lipinski definition) is 1. The minimum atomic E-state index is -3.33. The number of anilines is 1. The molecule has 0 spiro atoms. The molecule has 1 amide bonds. The van der Waals surface area contributed by atoms with Gasteiger partial charge in [-0.1, -0.05) is 11.2 Å². The van der Waals surface area contributed by atoms with E-state index in [0.717, 1.165) is 11.8 Å². The lowest BCUT2D eigenvalue weighted by Crippen LogP contribution is -2.12. The molecule has 0 saturated carbocycles. The van der Waals surface area contributed by atoms with Crippen molar-refractivity contribution in [3.63, 3.8) is 0 Å². The first-order chi connectivity index (χ1) is 12.4. The maximum absolute atomic E-state index is 12.1. The molecule has 2 aromatic heterocycles. The fourth-order valence-corrected chi connectivity index (χ4v) is 2.89. The number of hydrogen-bond acceptors (Lipinski definition) is 7. The van der Waals surface area contributed by atoms with Crippen molar-refractivity contribution in [3.8, 4) is 11.4 Å². The number of rotatable bonds is 6. The molecule has 0 aliphatic rings. The highest BCUT2D eigenvalue weighted by Gasteiger charge is 2.12. The van der Waals surface area contributed by atoms with E-state index in [2.05, 4.69) is 20.4 Å². The summed E-state index contributed by atoms with van der Waals surface area (Å²) in [5.74, 6) is 0.500. The Kier molecular flexibility index (Phi) is 5.08. The summed E-state index contributed by atoms with van der Waals surface area (Å²) >= 11 is 0. The van der Waals surface area contributed by atoms with Crippen LogP contribution in [0.2, 0.25) is 0 Å². The summed E-state index contributed by atoms with van der Waals surface area (Å²) in [5, 5.41) is 6.54. The summed E-state index contributed by atoms with van der Waals surface area (Å²) < 4.78 is 28.3. The second-order valence-corrected chi connectivity index (χ2v) is 7.61. The smallest absolute Gasteiger partial charge is 0.227 e. The van der Waals surface area contributed by atoms with E-state index in [1.165, 1.54) is 12.1 Å². The van der Waals surface area contributed by atoms with Crippen LogP contribution < -0.4 is 5.32 Å². The van der Waals surface area contributed by atoms with Crippen molar-refractivity contribution in [1.82, 2.24) is 15.1 Å². The molecule has 0 aliphatic carbocycles. The molecule has 2 heterocycles. The van der Waals surface area contributed by atoms with Crippen LogP contribution in [0.3, 0.4) is 0 Å². The van der Waals surface area contributed by atoms with Gasteiger partial charge in [-0.3, -0.25) is 9.78 Å². The Bertz CT molecular complexity index is 1020. The van der Waals surface area contributed by atoms with Gasteiger partial charge in [0.05, 0.1) is 4.90 Å². The van der Waals surface area contributed by atoms with E-state index >= 15 is 0 Å². The number of nitrogens with one attached hydrogen (secondary N) is 1. The van der Waals surface area contributed by atoms with Crippen molar-refractivity contribution in [3.05, 3.63) is 54.7 Å². The molecular weight excluding hydrogens is 356 g/mol. The number of nitrogens with zero attached hydrogens (tertiary/aromatic N) is 3. The minimum Gasteiger partial charge on any atom is -0.339 e. The third-order valence-corrected chi connectivity index (χ3v) is 4.63. The summed E-state index contributed by atoms with van der Waals surface area (Å²) in [6, 6.07) is 9.61. The van der Waals surface area contributed by atoms with Gasteiger partial charge in [-0.05, 0) is 30.3 Å². The van der Waals surface area contributed by atoms with Gasteiger partial charge in [-0.25, -0.2) is 8.42 Å². The zero-order valence-corrected chi connectivity index (χ0v) is 14.7. The Balaban J connectivity index is 1.59. The fourth-order valence-electron chi connectivity index (χ4n) is 2.22.